The molecule has 0 saturated heterocycles. The second-order valence-electron chi connectivity index (χ2n) is 4.78. The Bertz CT molecular complexity index is 506. The third kappa shape index (κ3) is 7.95. The fourth-order valence-electron chi connectivity index (χ4n) is 1.63. The molecule has 0 heterocycles. The van der Waals surface area contributed by atoms with E-state index in [0.29, 0.717) is 32.0 Å². The molecule has 0 saturated carbocycles. The number of rotatable bonds is 10. The highest BCUT2D eigenvalue weighted by atomic mass is 35.5. The highest BCUT2D eigenvalue weighted by Gasteiger charge is 2.13. The fraction of sp³-hybridized carbons (Fsp3) is 0.571. The van der Waals surface area contributed by atoms with Gasteiger partial charge in [0.1, 0.15) is 5.75 Å². The summed E-state index contributed by atoms with van der Waals surface area (Å²) in [6.45, 7) is 6.02. The van der Waals surface area contributed by atoms with Crippen molar-refractivity contribution in [1.82, 2.24) is 10.0 Å². The van der Waals surface area contributed by atoms with Crippen molar-refractivity contribution in [3.63, 3.8) is 0 Å². The van der Waals surface area contributed by atoms with Gasteiger partial charge >= 0.3 is 0 Å². The van der Waals surface area contributed by atoms with E-state index < -0.39 is 10.0 Å². The zero-order valence-corrected chi connectivity index (χ0v) is 14.8. The van der Waals surface area contributed by atoms with Crippen molar-refractivity contribution in [1.29, 1.82) is 0 Å². The average Bonchev–Trinajstić information content (AvgIpc) is 2.42. The molecule has 22 heavy (non-hydrogen) atoms. The molecule has 0 aliphatic rings. The van der Waals surface area contributed by atoms with Gasteiger partial charge in [-0.2, -0.15) is 0 Å². The predicted octanol–water partition coefficient (Wildman–Crippen LogP) is 1.41. The molecule has 0 amide bonds. The van der Waals surface area contributed by atoms with Crippen LogP contribution in [0.3, 0.4) is 0 Å². The Balaban J connectivity index is 0.00000441. The third-order valence-electron chi connectivity index (χ3n) is 2.58. The molecule has 2 N–H and O–H groups in total. The Morgan fingerprint density at radius 3 is 2.27 bits per heavy atom. The normalized spacial score (nSPS) is 11.3. The highest BCUT2D eigenvalue weighted by molar-refractivity contribution is 7.89. The number of hydrogen-bond acceptors (Lipinski definition) is 5. The third-order valence-corrected chi connectivity index (χ3v) is 4.06. The van der Waals surface area contributed by atoms with E-state index in [9.17, 15) is 8.42 Å². The molecule has 128 valence electrons. The van der Waals surface area contributed by atoms with Crippen molar-refractivity contribution >= 4 is 22.4 Å². The quantitative estimate of drug-likeness (QED) is 0.623. The van der Waals surface area contributed by atoms with Gasteiger partial charge in [0.05, 0.1) is 17.6 Å². The number of ether oxygens (including phenoxy) is 2. The van der Waals surface area contributed by atoms with Crippen molar-refractivity contribution in [2.75, 3.05) is 33.4 Å². The first kappa shape index (κ1) is 21.1. The van der Waals surface area contributed by atoms with Gasteiger partial charge in [0.15, 0.2) is 0 Å². The fourth-order valence-corrected chi connectivity index (χ4v) is 2.66. The van der Waals surface area contributed by atoms with Crippen molar-refractivity contribution in [2.24, 2.45) is 0 Å². The van der Waals surface area contributed by atoms with Crippen LogP contribution in [0.25, 0.3) is 0 Å². The lowest BCUT2D eigenvalue weighted by Gasteiger charge is -2.11. The molecule has 0 atom stereocenters. The molecular weight excluding hydrogens is 328 g/mol. The first-order chi connectivity index (χ1) is 9.95. The average molecular weight is 353 g/mol. The number of sulfonamides is 1. The van der Waals surface area contributed by atoms with Gasteiger partial charge in [-0.05, 0) is 38.1 Å². The monoisotopic (exact) mass is 352 g/mol. The minimum Gasteiger partial charge on any atom is -0.491 e. The van der Waals surface area contributed by atoms with E-state index in [1.54, 1.807) is 31.4 Å². The molecule has 8 heteroatoms. The smallest absolute Gasteiger partial charge is 0.240 e. The van der Waals surface area contributed by atoms with E-state index >= 15 is 0 Å². The van der Waals surface area contributed by atoms with Gasteiger partial charge in [-0.3, -0.25) is 0 Å². The lowest BCUT2D eigenvalue weighted by atomic mass is 10.3. The summed E-state index contributed by atoms with van der Waals surface area (Å²) in [5.74, 6) is 0.658. The van der Waals surface area contributed by atoms with Crippen LogP contribution in [0.2, 0.25) is 0 Å². The SMILES string of the molecule is COCCNCCNS(=O)(=O)c1ccc(OC(C)C)cc1.Cl. The molecule has 0 spiro atoms. The van der Waals surface area contributed by atoms with Crippen molar-refractivity contribution in [3.8, 4) is 5.75 Å². The molecule has 0 bridgehead atoms. The van der Waals surface area contributed by atoms with Crippen LogP contribution < -0.4 is 14.8 Å². The molecule has 0 fully saturated rings. The minimum absolute atomic E-state index is 0. The summed E-state index contributed by atoms with van der Waals surface area (Å²) in [5.41, 5.74) is 0. The highest BCUT2D eigenvalue weighted by Crippen LogP contribution is 2.16. The number of methoxy groups -OCH3 is 1. The Morgan fingerprint density at radius 1 is 1.09 bits per heavy atom. The Morgan fingerprint density at radius 2 is 1.73 bits per heavy atom. The summed E-state index contributed by atoms with van der Waals surface area (Å²) in [4.78, 5) is 0.232. The van der Waals surface area contributed by atoms with E-state index in [4.69, 9.17) is 9.47 Å². The van der Waals surface area contributed by atoms with Crippen molar-refractivity contribution in [3.05, 3.63) is 24.3 Å². The van der Waals surface area contributed by atoms with Crippen LogP contribution in [0.5, 0.6) is 5.75 Å². The molecule has 0 unspecified atom stereocenters. The Hall–Kier alpha value is -0.860. The standard InChI is InChI=1S/C14H24N2O4S.ClH/c1-12(2)20-13-4-6-14(7-5-13)21(17,18)16-9-8-15-10-11-19-3;/h4-7,12,15-16H,8-11H2,1-3H3;1H. The van der Waals surface area contributed by atoms with Crippen LogP contribution in [-0.4, -0.2) is 47.9 Å². The summed E-state index contributed by atoms with van der Waals surface area (Å²) in [5, 5.41) is 3.07. The second kappa shape index (κ2) is 10.8. The zero-order valence-electron chi connectivity index (χ0n) is 13.2. The number of benzene rings is 1. The van der Waals surface area contributed by atoms with Crippen LogP contribution in [-0.2, 0) is 14.8 Å². The van der Waals surface area contributed by atoms with E-state index in [2.05, 4.69) is 10.0 Å². The van der Waals surface area contributed by atoms with E-state index in [1.807, 2.05) is 13.8 Å². The molecule has 1 aromatic carbocycles. The zero-order chi connectivity index (χ0) is 15.7. The van der Waals surface area contributed by atoms with Crippen LogP contribution >= 0.6 is 12.4 Å². The summed E-state index contributed by atoms with van der Waals surface area (Å²) < 4.78 is 37.0. The van der Waals surface area contributed by atoms with Gasteiger partial charge in [-0.15, -0.1) is 12.4 Å². The van der Waals surface area contributed by atoms with Gasteiger partial charge in [0, 0.05) is 26.7 Å². The van der Waals surface area contributed by atoms with E-state index in [0.717, 1.165) is 0 Å². The topological polar surface area (TPSA) is 76.7 Å². The number of hydrogen-bond donors (Lipinski definition) is 2. The number of nitrogens with one attached hydrogen (secondary N) is 2. The molecular formula is C14H25ClN2O4S. The first-order valence-corrected chi connectivity index (χ1v) is 8.40. The molecule has 0 aromatic heterocycles. The lowest BCUT2D eigenvalue weighted by molar-refractivity contribution is 0.199. The second-order valence-corrected chi connectivity index (χ2v) is 6.55. The molecule has 1 rings (SSSR count). The lowest BCUT2D eigenvalue weighted by Crippen LogP contribution is -2.33. The molecule has 0 aliphatic carbocycles. The number of halogens is 1. The minimum atomic E-state index is -3.48. The van der Waals surface area contributed by atoms with Gasteiger partial charge < -0.3 is 14.8 Å². The van der Waals surface area contributed by atoms with E-state index in [1.165, 1.54) is 0 Å². The van der Waals surface area contributed by atoms with Crippen molar-refractivity contribution < 1.29 is 17.9 Å². The molecule has 6 nitrogen and oxygen atoms in total. The maximum Gasteiger partial charge on any atom is 0.240 e. The molecule has 0 aliphatic heterocycles. The van der Waals surface area contributed by atoms with Crippen molar-refractivity contribution in [2.45, 2.75) is 24.8 Å². The molecule has 0 radical (unpaired) electrons. The van der Waals surface area contributed by atoms with Crippen LogP contribution in [0.15, 0.2) is 29.2 Å². The van der Waals surface area contributed by atoms with Crippen LogP contribution in [0.4, 0.5) is 0 Å². The predicted molar refractivity (Wildman–Crippen MR) is 89.4 cm³/mol. The maximum absolute atomic E-state index is 12.1. The van der Waals surface area contributed by atoms with Gasteiger partial charge in [-0.1, -0.05) is 0 Å². The first-order valence-electron chi connectivity index (χ1n) is 6.92. The van der Waals surface area contributed by atoms with Crippen LogP contribution in [0, 0.1) is 0 Å². The van der Waals surface area contributed by atoms with Gasteiger partial charge in [-0.25, -0.2) is 13.1 Å². The van der Waals surface area contributed by atoms with Gasteiger partial charge in [0.2, 0.25) is 10.0 Å². The molecule has 1 aromatic rings. The van der Waals surface area contributed by atoms with E-state index in [-0.39, 0.29) is 23.4 Å². The Labute approximate surface area is 139 Å². The summed E-state index contributed by atoms with van der Waals surface area (Å²) in [7, 11) is -1.85. The summed E-state index contributed by atoms with van der Waals surface area (Å²) >= 11 is 0. The summed E-state index contributed by atoms with van der Waals surface area (Å²) in [6, 6.07) is 6.40. The largest absolute Gasteiger partial charge is 0.491 e. The Kier molecular flexibility index (Phi) is 10.4. The summed E-state index contributed by atoms with van der Waals surface area (Å²) in [6.07, 6.45) is 0.0590. The van der Waals surface area contributed by atoms with Gasteiger partial charge in [0.25, 0.3) is 0 Å². The maximum atomic E-state index is 12.1. The van der Waals surface area contributed by atoms with Crippen LogP contribution in [0.1, 0.15) is 13.8 Å².